The predicted molar refractivity (Wildman–Crippen MR) is 81.2 cm³/mol. The maximum Gasteiger partial charge on any atom is 0.257 e. The third-order valence-electron chi connectivity index (χ3n) is 2.95. The lowest BCUT2D eigenvalue weighted by Crippen LogP contribution is -2.27. The number of nitrogens with zero attached hydrogens (tertiary/aromatic N) is 3. The Morgan fingerprint density at radius 1 is 1.45 bits per heavy atom. The molecule has 2 heterocycles. The van der Waals surface area contributed by atoms with Crippen molar-refractivity contribution in [1.82, 2.24) is 14.9 Å². The van der Waals surface area contributed by atoms with Gasteiger partial charge in [-0.3, -0.25) is 9.78 Å². The van der Waals surface area contributed by atoms with Gasteiger partial charge in [-0.25, -0.2) is 4.98 Å². The first kappa shape index (κ1) is 14.5. The van der Waals surface area contributed by atoms with E-state index in [1.807, 2.05) is 25.3 Å². The molecule has 2 aromatic heterocycles. The van der Waals surface area contributed by atoms with Gasteiger partial charge in [-0.2, -0.15) is 0 Å². The van der Waals surface area contributed by atoms with Gasteiger partial charge in [0.05, 0.1) is 28.5 Å². The lowest BCUT2D eigenvalue weighted by atomic mass is 10.2. The van der Waals surface area contributed by atoms with Crippen LogP contribution in [-0.2, 0) is 6.54 Å². The maximum absolute atomic E-state index is 12.5. The number of hydrogen-bond donors (Lipinski definition) is 1. The molecule has 0 spiro atoms. The molecule has 1 N–H and O–H groups in total. The number of rotatable bonds is 4. The molecule has 0 bridgehead atoms. The second-order valence-corrected chi connectivity index (χ2v) is 5.70. The summed E-state index contributed by atoms with van der Waals surface area (Å²) in [5.41, 5.74) is 3.16. The van der Waals surface area contributed by atoms with E-state index in [-0.39, 0.29) is 5.91 Å². The first-order valence-corrected chi connectivity index (χ1v) is 7.20. The number of aryl methyl sites for hydroxylation is 2. The molecular formula is C14H18N4OS. The van der Waals surface area contributed by atoms with Crippen LogP contribution in [0.2, 0.25) is 0 Å². The normalized spacial score (nSPS) is 10.4. The number of amides is 1. The predicted octanol–water partition coefficient (Wildman–Crippen LogP) is 2.47. The number of carbonyl (C=O) groups excluding carboxylic acids is 1. The zero-order chi connectivity index (χ0) is 14.7. The minimum absolute atomic E-state index is 0.0625. The highest BCUT2D eigenvalue weighted by Gasteiger charge is 2.17. The van der Waals surface area contributed by atoms with Crippen LogP contribution in [0, 0.1) is 13.8 Å². The molecule has 0 fully saturated rings. The fourth-order valence-corrected chi connectivity index (χ4v) is 2.54. The van der Waals surface area contributed by atoms with E-state index >= 15 is 0 Å². The van der Waals surface area contributed by atoms with Crippen LogP contribution in [-0.4, -0.2) is 34.9 Å². The Bertz CT molecular complexity index is 623. The van der Waals surface area contributed by atoms with Gasteiger partial charge < -0.3 is 10.2 Å². The lowest BCUT2D eigenvalue weighted by Gasteiger charge is -2.18. The average molecular weight is 290 g/mol. The Hall–Kier alpha value is -1.95. The van der Waals surface area contributed by atoms with Gasteiger partial charge in [-0.05, 0) is 19.9 Å². The van der Waals surface area contributed by atoms with Crippen molar-refractivity contribution in [3.8, 4) is 0 Å². The Labute approximate surface area is 122 Å². The van der Waals surface area contributed by atoms with Crippen molar-refractivity contribution in [3.05, 3.63) is 39.6 Å². The summed E-state index contributed by atoms with van der Waals surface area (Å²) in [6.07, 6.45) is 1.62. The number of anilines is 1. The Balaban J connectivity index is 2.18. The number of nitrogens with one attached hydrogen (secondary N) is 1. The van der Waals surface area contributed by atoms with E-state index < -0.39 is 0 Å². The maximum atomic E-state index is 12.5. The van der Waals surface area contributed by atoms with Crippen molar-refractivity contribution in [2.45, 2.75) is 20.4 Å². The van der Waals surface area contributed by atoms with Crippen molar-refractivity contribution in [2.24, 2.45) is 0 Å². The molecule has 0 aliphatic rings. The molecular weight excluding hydrogens is 272 g/mol. The molecule has 1 amide bonds. The summed E-state index contributed by atoms with van der Waals surface area (Å²) < 4.78 is 0. The molecule has 2 rings (SSSR count). The zero-order valence-corrected chi connectivity index (χ0v) is 12.9. The molecule has 0 unspecified atom stereocenters. The quantitative estimate of drug-likeness (QED) is 0.939. The summed E-state index contributed by atoms with van der Waals surface area (Å²) in [5.74, 6) is -0.0625. The summed E-state index contributed by atoms with van der Waals surface area (Å²) in [6, 6.07) is 1.87. The minimum Gasteiger partial charge on any atom is -0.387 e. The van der Waals surface area contributed by atoms with E-state index in [9.17, 15) is 4.79 Å². The van der Waals surface area contributed by atoms with E-state index in [0.29, 0.717) is 12.1 Å². The Morgan fingerprint density at radius 2 is 2.20 bits per heavy atom. The number of pyridine rings is 1. The number of carbonyl (C=O) groups is 1. The SMILES string of the molecule is CNc1cc(C)ncc1C(=O)N(C)Cc1csc(C)n1. The highest BCUT2D eigenvalue weighted by atomic mass is 32.1. The van der Waals surface area contributed by atoms with Gasteiger partial charge >= 0.3 is 0 Å². The van der Waals surface area contributed by atoms with Gasteiger partial charge in [0.15, 0.2) is 0 Å². The highest BCUT2D eigenvalue weighted by Crippen LogP contribution is 2.18. The van der Waals surface area contributed by atoms with Crippen LogP contribution in [0.3, 0.4) is 0 Å². The second-order valence-electron chi connectivity index (χ2n) is 4.64. The van der Waals surface area contributed by atoms with Gasteiger partial charge in [0.2, 0.25) is 0 Å². The summed E-state index contributed by atoms with van der Waals surface area (Å²) in [5, 5.41) is 6.02. The first-order chi connectivity index (χ1) is 9.51. The summed E-state index contributed by atoms with van der Waals surface area (Å²) in [6.45, 7) is 4.36. The summed E-state index contributed by atoms with van der Waals surface area (Å²) >= 11 is 1.59. The molecule has 0 atom stereocenters. The van der Waals surface area contributed by atoms with E-state index in [1.54, 1.807) is 36.5 Å². The minimum atomic E-state index is -0.0625. The molecule has 5 nitrogen and oxygen atoms in total. The van der Waals surface area contributed by atoms with Crippen molar-refractivity contribution >= 4 is 22.9 Å². The summed E-state index contributed by atoms with van der Waals surface area (Å²) in [7, 11) is 3.58. The van der Waals surface area contributed by atoms with E-state index in [2.05, 4.69) is 15.3 Å². The molecule has 0 radical (unpaired) electrons. The smallest absolute Gasteiger partial charge is 0.257 e. The molecule has 2 aromatic rings. The zero-order valence-electron chi connectivity index (χ0n) is 12.1. The monoisotopic (exact) mass is 290 g/mol. The molecule has 0 saturated heterocycles. The average Bonchev–Trinajstić information content (AvgIpc) is 2.83. The molecule has 0 aliphatic carbocycles. The van der Waals surface area contributed by atoms with Crippen LogP contribution >= 0.6 is 11.3 Å². The number of aromatic nitrogens is 2. The Kier molecular flexibility index (Phi) is 4.34. The molecule has 20 heavy (non-hydrogen) atoms. The van der Waals surface area contributed by atoms with Crippen LogP contribution in [0.4, 0.5) is 5.69 Å². The molecule has 106 valence electrons. The third-order valence-corrected chi connectivity index (χ3v) is 3.78. The largest absolute Gasteiger partial charge is 0.387 e. The standard InChI is InChI=1S/C14H18N4OS/c1-9-5-13(15-3)12(6-16-9)14(19)18(4)7-11-8-20-10(2)17-11/h5-6,8H,7H2,1-4H3,(H,15,16). The van der Waals surface area contributed by atoms with Gasteiger partial charge in [0, 0.05) is 31.4 Å². The third kappa shape index (κ3) is 3.14. The number of hydrogen-bond acceptors (Lipinski definition) is 5. The van der Waals surface area contributed by atoms with Gasteiger partial charge in [-0.15, -0.1) is 11.3 Å². The van der Waals surface area contributed by atoms with Gasteiger partial charge in [0.1, 0.15) is 0 Å². The first-order valence-electron chi connectivity index (χ1n) is 6.32. The van der Waals surface area contributed by atoms with Crippen LogP contribution in [0.1, 0.15) is 26.8 Å². The van der Waals surface area contributed by atoms with Crippen molar-refractivity contribution in [1.29, 1.82) is 0 Å². The molecule has 0 saturated carbocycles. The fourth-order valence-electron chi connectivity index (χ4n) is 1.94. The van der Waals surface area contributed by atoms with Crippen LogP contribution in [0.15, 0.2) is 17.6 Å². The molecule has 0 aliphatic heterocycles. The topological polar surface area (TPSA) is 58.1 Å². The number of thiazole rings is 1. The van der Waals surface area contributed by atoms with Crippen molar-refractivity contribution in [2.75, 3.05) is 19.4 Å². The van der Waals surface area contributed by atoms with E-state index in [4.69, 9.17) is 0 Å². The molecule has 6 heteroatoms. The second kappa shape index (κ2) is 6.00. The van der Waals surface area contributed by atoms with Crippen LogP contribution in [0.5, 0.6) is 0 Å². The lowest BCUT2D eigenvalue weighted by molar-refractivity contribution is 0.0784. The van der Waals surface area contributed by atoms with Crippen molar-refractivity contribution in [3.63, 3.8) is 0 Å². The summed E-state index contributed by atoms with van der Waals surface area (Å²) in [4.78, 5) is 22.7. The fraction of sp³-hybridized carbons (Fsp3) is 0.357. The Morgan fingerprint density at radius 3 is 2.80 bits per heavy atom. The van der Waals surface area contributed by atoms with Crippen molar-refractivity contribution < 1.29 is 4.79 Å². The van der Waals surface area contributed by atoms with Gasteiger partial charge in [-0.1, -0.05) is 0 Å². The van der Waals surface area contributed by atoms with Gasteiger partial charge in [0.25, 0.3) is 5.91 Å². The van der Waals surface area contributed by atoms with Crippen LogP contribution in [0.25, 0.3) is 0 Å². The van der Waals surface area contributed by atoms with E-state index in [0.717, 1.165) is 22.1 Å². The molecule has 0 aromatic carbocycles. The highest BCUT2D eigenvalue weighted by molar-refractivity contribution is 7.09. The van der Waals surface area contributed by atoms with Crippen LogP contribution < -0.4 is 5.32 Å². The van der Waals surface area contributed by atoms with E-state index in [1.165, 1.54) is 0 Å².